The van der Waals surface area contributed by atoms with Gasteiger partial charge in [0.25, 0.3) is 11.3 Å². The molecule has 19 heavy (non-hydrogen) atoms. The number of fused-ring (bicyclic) bond motifs is 2. The molecular weight excluding hydrogens is 242 g/mol. The van der Waals surface area contributed by atoms with Gasteiger partial charge in [-0.25, -0.2) is 4.98 Å². The maximum atomic E-state index is 12.4. The van der Waals surface area contributed by atoms with Crippen molar-refractivity contribution in [3.63, 3.8) is 0 Å². The van der Waals surface area contributed by atoms with Gasteiger partial charge in [-0.15, -0.1) is 0 Å². The maximum absolute atomic E-state index is 12.4. The SMILES string of the molecule is O=c1c2nc(C3CCCC3)oc2nc2n1CCCC2. The van der Waals surface area contributed by atoms with Crippen molar-refractivity contribution in [2.45, 2.75) is 57.4 Å². The molecule has 2 aliphatic rings. The van der Waals surface area contributed by atoms with Crippen molar-refractivity contribution in [1.82, 2.24) is 14.5 Å². The minimum absolute atomic E-state index is 0.0207. The molecule has 0 bridgehead atoms. The Hall–Kier alpha value is -1.65. The number of aryl methyl sites for hydroxylation is 1. The fourth-order valence-electron chi connectivity index (χ4n) is 3.29. The Morgan fingerprint density at radius 2 is 1.95 bits per heavy atom. The summed E-state index contributed by atoms with van der Waals surface area (Å²) in [4.78, 5) is 21.3. The fraction of sp³-hybridized carbons (Fsp3) is 0.643. The van der Waals surface area contributed by atoms with Gasteiger partial charge in [0, 0.05) is 18.9 Å². The Morgan fingerprint density at radius 1 is 1.11 bits per heavy atom. The smallest absolute Gasteiger partial charge is 0.283 e. The lowest BCUT2D eigenvalue weighted by molar-refractivity contribution is 0.461. The first-order chi connectivity index (χ1) is 9.33. The number of aromatic nitrogens is 3. The van der Waals surface area contributed by atoms with Crippen LogP contribution in [-0.4, -0.2) is 14.5 Å². The Balaban J connectivity index is 1.88. The molecule has 1 aliphatic carbocycles. The first-order valence-corrected chi connectivity index (χ1v) is 7.23. The summed E-state index contributed by atoms with van der Waals surface area (Å²) in [6, 6.07) is 0. The molecule has 0 unspecified atom stereocenters. The van der Waals surface area contributed by atoms with Crippen molar-refractivity contribution in [2.24, 2.45) is 0 Å². The van der Waals surface area contributed by atoms with Crippen LogP contribution >= 0.6 is 0 Å². The van der Waals surface area contributed by atoms with Crippen molar-refractivity contribution in [3.8, 4) is 0 Å². The lowest BCUT2D eigenvalue weighted by atomic mass is 10.1. The molecule has 5 nitrogen and oxygen atoms in total. The van der Waals surface area contributed by atoms with Gasteiger partial charge < -0.3 is 4.42 Å². The molecule has 1 fully saturated rings. The van der Waals surface area contributed by atoms with E-state index in [1.807, 2.05) is 0 Å². The highest BCUT2D eigenvalue weighted by atomic mass is 16.4. The molecule has 4 rings (SSSR count). The average Bonchev–Trinajstić information content (AvgIpc) is 3.07. The summed E-state index contributed by atoms with van der Waals surface area (Å²) in [5, 5.41) is 0. The highest BCUT2D eigenvalue weighted by Crippen LogP contribution is 2.34. The van der Waals surface area contributed by atoms with E-state index < -0.39 is 0 Å². The Kier molecular flexibility index (Phi) is 2.47. The standard InChI is InChI=1S/C14H17N3O2/c18-14-11-13(15-10-7-3-4-8-17(10)14)19-12(16-11)9-5-1-2-6-9/h9H,1-8H2. The number of nitrogens with zero attached hydrogens (tertiary/aromatic N) is 3. The third-order valence-electron chi connectivity index (χ3n) is 4.35. The van der Waals surface area contributed by atoms with E-state index in [9.17, 15) is 4.79 Å². The normalized spacial score (nSPS) is 20.0. The minimum atomic E-state index is -0.0207. The molecule has 0 atom stereocenters. The molecule has 0 aromatic carbocycles. The second kappa shape index (κ2) is 4.18. The highest BCUT2D eigenvalue weighted by molar-refractivity contribution is 5.66. The summed E-state index contributed by atoms with van der Waals surface area (Å²) in [6.45, 7) is 0.767. The average molecular weight is 259 g/mol. The maximum Gasteiger partial charge on any atom is 0.283 e. The molecule has 1 saturated carbocycles. The summed E-state index contributed by atoms with van der Waals surface area (Å²) in [6.07, 6.45) is 7.71. The van der Waals surface area contributed by atoms with Crippen molar-refractivity contribution in [2.75, 3.05) is 0 Å². The van der Waals surface area contributed by atoms with Crippen LogP contribution in [0.4, 0.5) is 0 Å². The molecule has 100 valence electrons. The van der Waals surface area contributed by atoms with Gasteiger partial charge in [0.2, 0.25) is 5.89 Å². The van der Waals surface area contributed by atoms with Crippen molar-refractivity contribution >= 4 is 11.2 Å². The summed E-state index contributed by atoms with van der Waals surface area (Å²) in [7, 11) is 0. The van der Waals surface area contributed by atoms with E-state index in [4.69, 9.17) is 4.42 Å². The zero-order valence-corrected chi connectivity index (χ0v) is 10.9. The third-order valence-corrected chi connectivity index (χ3v) is 4.35. The van der Waals surface area contributed by atoms with E-state index in [2.05, 4.69) is 9.97 Å². The molecule has 2 aromatic heterocycles. The van der Waals surface area contributed by atoms with Gasteiger partial charge in [0.15, 0.2) is 5.52 Å². The third kappa shape index (κ3) is 1.71. The van der Waals surface area contributed by atoms with E-state index >= 15 is 0 Å². The number of hydrogen-bond acceptors (Lipinski definition) is 4. The second-order valence-electron chi connectivity index (χ2n) is 5.63. The Bertz CT molecular complexity index is 680. The van der Waals surface area contributed by atoms with Gasteiger partial charge in [0.1, 0.15) is 5.82 Å². The van der Waals surface area contributed by atoms with Crippen LogP contribution in [-0.2, 0) is 13.0 Å². The summed E-state index contributed by atoms with van der Waals surface area (Å²) < 4.78 is 7.53. The van der Waals surface area contributed by atoms with Crippen LogP contribution in [0.3, 0.4) is 0 Å². The molecule has 5 heteroatoms. The van der Waals surface area contributed by atoms with Gasteiger partial charge >= 0.3 is 0 Å². The first kappa shape index (κ1) is 11.2. The topological polar surface area (TPSA) is 60.9 Å². The molecule has 3 heterocycles. The van der Waals surface area contributed by atoms with Gasteiger partial charge in [-0.05, 0) is 25.7 Å². The summed E-state index contributed by atoms with van der Waals surface area (Å²) in [5.41, 5.74) is 0.847. The van der Waals surface area contributed by atoms with Crippen molar-refractivity contribution in [3.05, 3.63) is 22.1 Å². The van der Waals surface area contributed by atoms with Crippen molar-refractivity contribution in [1.29, 1.82) is 0 Å². The predicted molar refractivity (Wildman–Crippen MR) is 70.2 cm³/mol. The van der Waals surface area contributed by atoms with Crippen LogP contribution in [0.25, 0.3) is 11.2 Å². The van der Waals surface area contributed by atoms with E-state index in [0.717, 1.165) is 50.4 Å². The highest BCUT2D eigenvalue weighted by Gasteiger charge is 2.25. The second-order valence-corrected chi connectivity index (χ2v) is 5.63. The van der Waals surface area contributed by atoms with Crippen LogP contribution in [0.15, 0.2) is 9.21 Å². The van der Waals surface area contributed by atoms with Gasteiger partial charge in [-0.2, -0.15) is 4.98 Å². The summed E-state index contributed by atoms with van der Waals surface area (Å²) >= 11 is 0. The Morgan fingerprint density at radius 3 is 2.79 bits per heavy atom. The van der Waals surface area contributed by atoms with Gasteiger partial charge in [0.05, 0.1) is 0 Å². The predicted octanol–water partition coefficient (Wildman–Crippen LogP) is 2.38. The van der Waals surface area contributed by atoms with Crippen molar-refractivity contribution < 1.29 is 4.42 Å². The van der Waals surface area contributed by atoms with E-state index in [1.54, 1.807) is 4.57 Å². The zero-order chi connectivity index (χ0) is 12.8. The minimum Gasteiger partial charge on any atom is -0.422 e. The molecular formula is C14H17N3O2. The van der Waals surface area contributed by atoms with E-state index in [1.165, 1.54) is 12.8 Å². The largest absolute Gasteiger partial charge is 0.422 e. The van der Waals surface area contributed by atoms with Crippen LogP contribution < -0.4 is 5.56 Å². The lowest BCUT2D eigenvalue weighted by Gasteiger charge is -2.15. The Labute approximate surface area is 110 Å². The van der Waals surface area contributed by atoms with Crippen LogP contribution in [0.2, 0.25) is 0 Å². The number of oxazole rings is 1. The van der Waals surface area contributed by atoms with E-state index in [-0.39, 0.29) is 5.56 Å². The van der Waals surface area contributed by atoms with E-state index in [0.29, 0.717) is 17.1 Å². The molecule has 1 aliphatic heterocycles. The number of hydrogen-bond donors (Lipinski definition) is 0. The molecule has 2 aromatic rings. The summed E-state index contributed by atoms with van der Waals surface area (Å²) in [5.74, 6) is 1.97. The molecule has 0 amide bonds. The molecule has 0 radical (unpaired) electrons. The zero-order valence-electron chi connectivity index (χ0n) is 10.9. The number of rotatable bonds is 1. The molecule has 0 N–H and O–H groups in total. The molecule has 0 saturated heterocycles. The van der Waals surface area contributed by atoms with Crippen LogP contribution in [0, 0.1) is 0 Å². The lowest BCUT2D eigenvalue weighted by Crippen LogP contribution is -2.28. The van der Waals surface area contributed by atoms with Gasteiger partial charge in [-0.1, -0.05) is 12.8 Å². The fourth-order valence-corrected chi connectivity index (χ4v) is 3.29. The van der Waals surface area contributed by atoms with Crippen LogP contribution in [0.5, 0.6) is 0 Å². The van der Waals surface area contributed by atoms with Gasteiger partial charge in [-0.3, -0.25) is 9.36 Å². The molecule has 0 spiro atoms. The first-order valence-electron chi connectivity index (χ1n) is 7.23. The van der Waals surface area contributed by atoms with Crippen LogP contribution in [0.1, 0.15) is 56.2 Å². The monoisotopic (exact) mass is 259 g/mol. The quantitative estimate of drug-likeness (QED) is 0.788.